The molecule has 0 spiro atoms. The average Bonchev–Trinajstić information content (AvgIpc) is 2.52. The van der Waals surface area contributed by atoms with Crippen LogP contribution in [0.4, 0.5) is 4.79 Å². The number of hydrogen-bond donors (Lipinski definition) is 1. The first-order valence-electron chi connectivity index (χ1n) is 3.82. The van der Waals surface area contributed by atoms with Crippen LogP contribution in [0.2, 0.25) is 5.15 Å². The number of carbonyl (C=O) groups excluding carboxylic acids is 1. The Hall–Kier alpha value is -1.29. The second kappa shape index (κ2) is 3.22. The van der Waals surface area contributed by atoms with Crippen LogP contribution in [0.3, 0.4) is 0 Å². The van der Waals surface area contributed by atoms with Crippen molar-refractivity contribution in [2.24, 2.45) is 0 Å². The van der Waals surface area contributed by atoms with Crippen LogP contribution in [0.1, 0.15) is 11.8 Å². The summed E-state index contributed by atoms with van der Waals surface area (Å²) in [4.78, 5) is 14.8. The Bertz CT molecular complexity index is 343. The molecule has 1 aromatic rings. The van der Waals surface area contributed by atoms with Gasteiger partial charge in [0.15, 0.2) is 6.10 Å². The van der Waals surface area contributed by atoms with Crippen molar-refractivity contribution in [3.8, 4) is 0 Å². The van der Waals surface area contributed by atoms with E-state index >= 15 is 0 Å². The van der Waals surface area contributed by atoms with Crippen molar-refractivity contribution in [3.63, 3.8) is 0 Å². The predicted molar refractivity (Wildman–Crippen MR) is 46.5 cm³/mol. The molecule has 1 N–H and O–H groups in total. The topological polar surface area (TPSA) is 51.2 Å². The third-order valence-electron chi connectivity index (χ3n) is 1.75. The Labute approximate surface area is 79.9 Å². The van der Waals surface area contributed by atoms with Crippen LogP contribution >= 0.6 is 11.6 Å². The zero-order valence-corrected chi connectivity index (χ0v) is 7.41. The molecule has 13 heavy (non-hydrogen) atoms. The lowest BCUT2D eigenvalue weighted by molar-refractivity contribution is 0.139. The van der Waals surface area contributed by atoms with Crippen LogP contribution in [-0.4, -0.2) is 17.6 Å². The SMILES string of the molecule is O=C1NCC(c2cccc(Cl)n2)O1. The van der Waals surface area contributed by atoms with Gasteiger partial charge in [-0.25, -0.2) is 9.78 Å². The van der Waals surface area contributed by atoms with E-state index in [1.807, 2.05) is 0 Å². The zero-order valence-electron chi connectivity index (χ0n) is 6.66. The molecule has 68 valence electrons. The van der Waals surface area contributed by atoms with E-state index in [0.29, 0.717) is 17.4 Å². The molecule has 0 bridgehead atoms. The first kappa shape index (κ1) is 8.31. The molecule has 1 atom stereocenters. The van der Waals surface area contributed by atoms with Crippen molar-refractivity contribution < 1.29 is 9.53 Å². The molecule has 0 aromatic carbocycles. The molecule has 2 rings (SSSR count). The van der Waals surface area contributed by atoms with E-state index < -0.39 is 6.09 Å². The summed E-state index contributed by atoms with van der Waals surface area (Å²) in [6.07, 6.45) is -0.724. The highest BCUT2D eigenvalue weighted by Crippen LogP contribution is 2.19. The smallest absolute Gasteiger partial charge is 0.408 e. The molecule has 1 fully saturated rings. The minimum Gasteiger partial charge on any atom is -0.438 e. The van der Waals surface area contributed by atoms with Crippen molar-refractivity contribution in [2.75, 3.05) is 6.54 Å². The lowest BCUT2D eigenvalue weighted by atomic mass is 10.2. The van der Waals surface area contributed by atoms with Gasteiger partial charge in [0, 0.05) is 0 Å². The van der Waals surface area contributed by atoms with Crippen LogP contribution in [0.5, 0.6) is 0 Å². The molecule has 1 aromatic heterocycles. The van der Waals surface area contributed by atoms with E-state index in [-0.39, 0.29) is 6.10 Å². The molecule has 0 aliphatic carbocycles. The molecular weight excluding hydrogens is 192 g/mol. The average molecular weight is 199 g/mol. The monoisotopic (exact) mass is 198 g/mol. The fourth-order valence-corrected chi connectivity index (χ4v) is 1.33. The summed E-state index contributed by atoms with van der Waals surface area (Å²) in [7, 11) is 0. The molecule has 1 aliphatic rings. The number of rotatable bonds is 1. The third-order valence-corrected chi connectivity index (χ3v) is 1.96. The highest BCUT2D eigenvalue weighted by atomic mass is 35.5. The lowest BCUT2D eigenvalue weighted by Gasteiger charge is -2.05. The second-order valence-electron chi connectivity index (χ2n) is 2.66. The second-order valence-corrected chi connectivity index (χ2v) is 3.05. The summed E-state index contributed by atoms with van der Waals surface area (Å²) in [5.74, 6) is 0. The van der Waals surface area contributed by atoms with Gasteiger partial charge in [0.1, 0.15) is 5.15 Å². The van der Waals surface area contributed by atoms with Crippen molar-refractivity contribution in [2.45, 2.75) is 6.10 Å². The van der Waals surface area contributed by atoms with Gasteiger partial charge in [-0.3, -0.25) is 0 Å². The molecule has 1 saturated heterocycles. The van der Waals surface area contributed by atoms with Crippen molar-refractivity contribution >= 4 is 17.7 Å². The Balaban J connectivity index is 2.21. The maximum absolute atomic E-state index is 10.7. The first-order chi connectivity index (χ1) is 6.25. The van der Waals surface area contributed by atoms with Crippen molar-refractivity contribution in [3.05, 3.63) is 29.0 Å². The first-order valence-corrected chi connectivity index (χ1v) is 4.20. The predicted octanol–water partition coefficient (Wildman–Crippen LogP) is 1.52. The number of alkyl carbamates (subject to hydrolysis) is 1. The van der Waals surface area contributed by atoms with E-state index in [4.69, 9.17) is 16.3 Å². The standard InChI is InChI=1S/C8H7ClN2O2/c9-7-3-1-2-5(11-7)6-4-10-8(12)13-6/h1-3,6H,4H2,(H,10,12). The Kier molecular flexibility index (Phi) is 2.06. The Morgan fingerprint density at radius 1 is 1.62 bits per heavy atom. The minimum absolute atomic E-state index is 0.314. The molecule has 2 heterocycles. The summed E-state index contributed by atoms with van der Waals surface area (Å²) in [6.45, 7) is 0.451. The van der Waals surface area contributed by atoms with Crippen LogP contribution in [0.25, 0.3) is 0 Å². The number of ether oxygens (including phenoxy) is 1. The molecule has 1 aliphatic heterocycles. The number of hydrogen-bond acceptors (Lipinski definition) is 3. The maximum atomic E-state index is 10.7. The van der Waals surface area contributed by atoms with E-state index in [9.17, 15) is 4.79 Å². The summed E-state index contributed by atoms with van der Waals surface area (Å²) >= 11 is 5.69. The van der Waals surface area contributed by atoms with Gasteiger partial charge in [-0.2, -0.15) is 0 Å². The van der Waals surface area contributed by atoms with Crippen LogP contribution in [0.15, 0.2) is 18.2 Å². The molecule has 0 saturated carbocycles. The lowest BCUT2D eigenvalue weighted by Crippen LogP contribution is -2.12. The number of aromatic nitrogens is 1. The van der Waals surface area contributed by atoms with E-state index in [1.54, 1.807) is 18.2 Å². The highest BCUT2D eigenvalue weighted by Gasteiger charge is 2.25. The van der Waals surface area contributed by atoms with Crippen LogP contribution < -0.4 is 5.32 Å². The maximum Gasteiger partial charge on any atom is 0.408 e. The molecular formula is C8H7ClN2O2. The fourth-order valence-electron chi connectivity index (χ4n) is 1.16. The van der Waals surface area contributed by atoms with Crippen LogP contribution in [-0.2, 0) is 4.74 Å². The Morgan fingerprint density at radius 2 is 2.46 bits per heavy atom. The Morgan fingerprint density at radius 3 is 3.08 bits per heavy atom. The fraction of sp³-hybridized carbons (Fsp3) is 0.250. The van der Waals surface area contributed by atoms with Gasteiger partial charge < -0.3 is 10.1 Å². The van der Waals surface area contributed by atoms with E-state index in [0.717, 1.165) is 0 Å². The molecule has 1 amide bonds. The van der Waals surface area contributed by atoms with Crippen molar-refractivity contribution in [1.29, 1.82) is 0 Å². The van der Waals surface area contributed by atoms with Gasteiger partial charge in [0.25, 0.3) is 0 Å². The van der Waals surface area contributed by atoms with Gasteiger partial charge in [-0.1, -0.05) is 17.7 Å². The van der Waals surface area contributed by atoms with Gasteiger partial charge >= 0.3 is 6.09 Å². The largest absolute Gasteiger partial charge is 0.438 e. The number of nitrogens with one attached hydrogen (secondary N) is 1. The van der Waals surface area contributed by atoms with E-state index in [1.165, 1.54) is 0 Å². The molecule has 1 unspecified atom stereocenters. The summed E-state index contributed by atoms with van der Waals surface area (Å²) in [6, 6.07) is 5.23. The van der Waals surface area contributed by atoms with Gasteiger partial charge in [-0.15, -0.1) is 0 Å². The number of carbonyl (C=O) groups is 1. The van der Waals surface area contributed by atoms with E-state index in [2.05, 4.69) is 10.3 Å². The molecule has 4 nitrogen and oxygen atoms in total. The van der Waals surface area contributed by atoms with Gasteiger partial charge in [0.05, 0.1) is 12.2 Å². The number of halogens is 1. The number of nitrogens with zero attached hydrogens (tertiary/aromatic N) is 1. The highest BCUT2D eigenvalue weighted by molar-refractivity contribution is 6.29. The molecule has 0 radical (unpaired) electrons. The number of amides is 1. The van der Waals surface area contributed by atoms with Gasteiger partial charge in [0.2, 0.25) is 0 Å². The number of pyridine rings is 1. The normalized spacial score (nSPS) is 21.0. The molecule has 5 heteroatoms. The minimum atomic E-state index is -0.410. The summed E-state index contributed by atoms with van der Waals surface area (Å²) in [5, 5.41) is 2.95. The van der Waals surface area contributed by atoms with Crippen molar-refractivity contribution in [1.82, 2.24) is 10.3 Å². The quantitative estimate of drug-likeness (QED) is 0.696. The summed E-state index contributed by atoms with van der Waals surface area (Å²) < 4.78 is 4.93. The van der Waals surface area contributed by atoms with Gasteiger partial charge in [-0.05, 0) is 12.1 Å². The zero-order chi connectivity index (χ0) is 9.26. The van der Waals surface area contributed by atoms with Crippen LogP contribution in [0, 0.1) is 0 Å². The summed E-state index contributed by atoms with van der Waals surface area (Å²) in [5.41, 5.74) is 0.672. The number of cyclic esters (lactones) is 1. The third kappa shape index (κ3) is 1.72.